The lowest BCUT2D eigenvalue weighted by Gasteiger charge is -2.30. The van der Waals surface area contributed by atoms with Crippen LogP contribution in [0.15, 0.2) is 61.2 Å². The summed E-state index contributed by atoms with van der Waals surface area (Å²) in [5.41, 5.74) is 3.04. The Balaban J connectivity index is 1.69. The van der Waals surface area contributed by atoms with Crippen molar-refractivity contribution >= 4 is 0 Å². The molecular formula is C21H18FN3O. The van der Waals surface area contributed by atoms with Crippen molar-refractivity contribution in [3.8, 4) is 6.07 Å². The first-order chi connectivity index (χ1) is 12.7. The van der Waals surface area contributed by atoms with Crippen molar-refractivity contribution in [2.75, 3.05) is 0 Å². The van der Waals surface area contributed by atoms with Gasteiger partial charge in [-0.05, 0) is 53.8 Å². The predicted molar refractivity (Wildman–Crippen MR) is 94.6 cm³/mol. The van der Waals surface area contributed by atoms with Crippen molar-refractivity contribution in [1.29, 1.82) is 5.26 Å². The van der Waals surface area contributed by atoms with Crippen molar-refractivity contribution in [1.82, 2.24) is 9.55 Å². The standard InChI is InChI=1S/C21H18FN3O/c22-19-5-3-18(4-6-19)21(8-1-10-25-11-9-24-15-25)20-7-2-16(13-23)12-17(20)14-26-21/h2-7,9,11-12,15H,1,8,10,14H2. The van der Waals surface area contributed by atoms with Crippen LogP contribution in [-0.2, 0) is 23.5 Å². The Hall–Kier alpha value is -2.97. The summed E-state index contributed by atoms with van der Waals surface area (Å²) >= 11 is 0. The zero-order valence-electron chi connectivity index (χ0n) is 14.2. The summed E-state index contributed by atoms with van der Waals surface area (Å²) in [7, 11) is 0. The first-order valence-electron chi connectivity index (χ1n) is 8.60. The second-order valence-corrected chi connectivity index (χ2v) is 6.51. The minimum atomic E-state index is -0.613. The minimum Gasteiger partial charge on any atom is -0.361 e. The van der Waals surface area contributed by atoms with Gasteiger partial charge >= 0.3 is 0 Å². The fourth-order valence-electron chi connectivity index (χ4n) is 3.69. The summed E-state index contributed by atoms with van der Waals surface area (Å²) in [5, 5.41) is 9.15. The third-order valence-corrected chi connectivity index (χ3v) is 4.96. The van der Waals surface area contributed by atoms with E-state index >= 15 is 0 Å². The zero-order valence-corrected chi connectivity index (χ0v) is 14.2. The zero-order chi connectivity index (χ0) is 18.0. The molecule has 26 heavy (non-hydrogen) atoms. The van der Waals surface area contributed by atoms with E-state index in [0.717, 1.165) is 36.1 Å². The number of nitrogens with zero attached hydrogens (tertiary/aromatic N) is 3. The Labute approximate surface area is 151 Å². The lowest BCUT2D eigenvalue weighted by molar-refractivity contribution is -0.0137. The molecule has 2 heterocycles. The molecule has 1 atom stereocenters. The molecule has 0 bridgehead atoms. The molecule has 4 nitrogen and oxygen atoms in total. The monoisotopic (exact) mass is 347 g/mol. The number of imidazole rings is 1. The molecule has 2 aromatic carbocycles. The maximum atomic E-state index is 13.4. The van der Waals surface area contributed by atoms with Gasteiger partial charge in [0.1, 0.15) is 11.4 Å². The van der Waals surface area contributed by atoms with Crippen LogP contribution in [0.5, 0.6) is 0 Å². The van der Waals surface area contributed by atoms with E-state index in [2.05, 4.69) is 11.1 Å². The lowest BCUT2D eigenvalue weighted by Crippen LogP contribution is -2.27. The van der Waals surface area contributed by atoms with Gasteiger partial charge in [0.25, 0.3) is 0 Å². The topological polar surface area (TPSA) is 50.8 Å². The Morgan fingerprint density at radius 3 is 2.81 bits per heavy atom. The maximum Gasteiger partial charge on any atom is 0.123 e. The van der Waals surface area contributed by atoms with Gasteiger partial charge in [0.15, 0.2) is 0 Å². The molecule has 0 aliphatic carbocycles. The minimum absolute atomic E-state index is 0.264. The van der Waals surface area contributed by atoms with Gasteiger partial charge < -0.3 is 9.30 Å². The normalized spacial score (nSPS) is 18.5. The van der Waals surface area contributed by atoms with Crippen LogP contribution in [0.25, 0.3) is 0 Å². The summed E-state index contributed by atoms with van der Waals surface area (Å²) in [6, 6.07) is 14.4. The van der Waals surface area contributed by atoms with Gasteiger partial charge in [-0.3, -0.25) is 0 Å². The SMILES string of the molecule is N#Cc1ccc2c(c1)COC2(CCCn1ccnc1)c1ccc(F)cc1. The number of benzene rings is 2. The van der Waals surface area contributed by atoms with Crippen LogP contribution in [0.3, 0.4) is 0 Å². The highest BCUT2D eigenvalue weighted by Gasteiger charge is 2.41. The number of rotatable bonds is 5. The van der Waals surface area contributed by atoms with Crippen molar-refractivity contribution in [3.63, 3.8) is 0 Å². The molecule has 0 saturated heterocycles. The molecule has 0 amide bonds. The predicted octanol–water partition coefficient (Wildman–Crippen LogP) is 4.15. The third-order valence-electron chi connectivity index (χ3n) is 4.96. The summed E-state index contributed by atoms with van der Waals surface area (Å²) in [5.74, 6) is -0.264. The molecule has 130 valence electrons. The number of aromatic nitrogens is 2. The van der Waals surface area contributed by atoms with E-state index in [0.29, 0.717) is 12.2 Å². The highest BCUT2D eigenvalue weighted by molar-refractivity contribution is 5.47. The van der Waals surface area contributed by atoms with Crippen molar-refractivity contribution in [3.05, 3.63) is 89.3 Å². The largest absolute Gasteiger partial charge is 0.361 e. The van der Waals surface area contributed by atoms with E-state index < -0.39 is 5.60 Å². The average molecular weight is 347 g/mol. The molecule has 1 aliphatic heterocycles. The van der Waals surface area contributed by atoms with Crippen LogP contribution in [0.4, 0.5) is 4.39 Å². The molecule has 0 fully saturated rings. The molecule has 3 aromatic rings. The molecule has 1 unspecified atom stereocenters. The van der Waals surface area contributed by atoms with Gasteiger partial charge in [-0.15, -0.1) is 0 Å². The van der Waals surface area contributed by atoms with E-state index in [9.17, 15) is 4.39 Å². The Kier molecular flexibility index (Phi) is 4.27. The van der Waals surface area contributed by atoms with Crippen LogP contribution in [0, 0.1) is 17.1 Å². The van der Waals surface area contributed by atoms with Crippen LogP contribution in [-0.4, -0.2) is 9.55 Å². The average Bonchev–Trinajstić information content (AvgIpc) is 3.31. The maximum absolute atomic E-state index is 13.4. The summed E-state index contributed by atoms with van der Waals surface area (Å²) in [6.07, 6.45) is 7.14. The number of halogens is 1. The Morgan fingerprint density at radius 1 is 1.23 bits per heavy atom. The smallest absolute Gasteiger partial charge is 0.123 e. The molecular weight excluding hydrogens is 329 g/mol. The van der Waals surface area contributed by atoms with Gasteiger partial charge in [-0.25, -0.2) is 9.37 Å². The molecule has 1 aromatic heterocycles. The van der Waals surface area contributed by atoms with Gasteiger partial charge in [0.05, 0.1) is 24.6 Å². The highest BCUT2D eigenvalue weighted by Crippen LogP contribution is 2.45. The molecule has 1 aliphatic rings. The molecule has 4 rings (SSSR count). The fourth-order valence-corrected chi connectivity index (χ4v) is 3.69. The number of hydrogen-bond acceptors (Lipinski definition) is 3. The fraction of sp³-hybridized carbons (Fsp3) is 0.238. The van der Waals surface area contributed by atoms with Crippen molar-refractivity contribution in [2.45, 2.75) is 31.6 Å². The number of aryl methyl sites for hydroxylation is 1. The van der Waals surface area contributed by atoms with E-state index in [1.165, 1.54) is 12.1 Å². The number of nitriles is 1. The van der Waals surface area contributed by atoms with Crippen molar-refractivity contribution < 1.29 is 9.13 Å². The number of fused-ring (bicyclic) bond motifs is 1. The summed E-state index contributed by atoms with van der Waals surface area (Å²) in [6.45, 7) is 1.28. The van der Waals surface area contributed by atoms with Gasteiger partial charge in [-0.1, -0.05) is 18.2 Å². The summed E-state index contributed by atoms with van der Waals surface area (Å²) in [4.78, 5) is 4.07. The summed E-state index contributed by atoms with van der Waals surface area (Å²) < 4.78 is 21.8. The Morgan fingerprint density at radius 2 is 2.08 bits per heavy atom. The van der Waals surface area contributed by atoms with Gasteiger partial charge in [0, 0.05) is 18.9 Å². The first kappa shape index (κ1) is 16.5. The van der Waals surface area contributed by atoms with Crippen LogP contribution >= 0.6 is 0 Å². The second kappa shape index (κ2) is 6.74. The molecule has 0 spiro atoms. The number of ether oxygens (including phenoxy) is 1. The van der Waals surface area contributed by atoms with E-state index in [1.807, 2.05) is 29.0 Å². The molecule has 0 N–H and O–H groups in total. The second-order valence-electron chi connectivity index (χ2n) is 6.51. The van der Waals surface area contributed by atoms with E-state index in [4.69, 9.17) is 10.00 Å². The first-order valence-corrected chi connectivity index (χ1v) is 8.60. The molecule has 0 radical (unpaired) electrons. The lowest BCUT2D eigenvalue weighted by atomic mass is 9.81. The van der Waals surface area contributed by atoms with E-state index in [1.54, 1.807) is 24.7 Å². The van der Waals surface area contributed by atoms with Gasteiger partial charge in [-0.2, -0.15) is 5.26 Å². The molecule has 0 saturated carbocycles. The number of hydrogen-bond donors (Lipinski definition) is 0. The van der Waals surface area contributed by atoms with Crippen molar-refractivity contribution in [2.24, 2.45) is 0 Å². The quantitative estimate of drug-likeness (QED) is 0.697. The van der Waals surface area contributed by atoms with Gasteiger partial charge in [0.2, 0.25) is 0 Å². The van der Waals surface area contributed by atoms with Crippen LogP contribution in [0.1, 0.15) is 35.1 Å². The molecule has 5 heteroatoms. The van der Waals surface area contributed by atoms with E-state index in [-0.39, 0.29) is 5.82 Å². The Bertz CT molecular complexity index is 944. The van der Waals surface area contributed by atoms with Crippen LogP contribution in [0.2, 0.25) is 0 Å². The van der Waals surface area contributed by atoms with Crippen LogP contribution < -0.4 is 0 Å². The third kappa shape index (κ3) is 2.89. The highest BCUT2D eigenvalue weighted by atomic mass is 19.1.